The normalized spacial score (nSPS) is 10.8. The van der Waals surface area contributed by atoms with Gasteiger partial charge in [0.15, 0.2) is 0 Å². The van der Waals surface area contributed by atoms with Crippen molar-refractivity contribution in [2.75, 3.05) is 38.1 Å². The molecule has 1 aromatic carbocycles. The predicted octanol–water partition coefficient (Wildman–Crippen LogP) is 4.97. The molecule has 9 nitrogen and oxygen atoms in total. The quantitative estimate of drug-likeness (QED) is 0.344. The van der Waals surface area contributed by atoms with Crippen LogP contribution in [0.3, 0.4) is 0 Å². The number of hydrogen-bond acceptors (Lipinski definition) is 6. The van der Waals surface area contributed by atoms with Crippen LogP contribution in [-0.2, 0) is 9.59 Å². The first-order valence-electron chi connectivity index (χ1n) is 12.3. The second-order valence-electron chi connectivity index (χ2n) is 8.40. The Balaban J connectivity index is 0.000000956. The Kier molecular flexibility index (Phi) is 14.1. The smallest absolute Gasteiger partial charge is 0.490 e. The Bertz CT molecular complexity index is 1070. The Hall–Kier alpha value is -3.54. The minimum atomic E-state index is -5.08. The highest BCUT2D eigenvalue weighted by Gasteiger charge is 2.38. The van der Waals surface area contributed by atoms with Crippen LogP contribution in [0.4, 0.5) is 18.9 Å². The van der Waals surface area contributed by atoms with E-state index in [-0.39, 0.29) is 24.3 Å². The lowest BCUT2D eigenvalue weighted by Gasteiger charge is -2.28. The number of alkyl halides is 3. The lowest BCUT2D eigenvalue weighted by Crippen LogP contribution is -2.40. The van der Waals surface area contributed by atoms with Crippen molar-refractivity contribution in [3.8, 4) is 5.75 Å². The highest BCUT2D eigenvalue weighted by atomic mass is 35.5. The van der Waals surface area contributed by atoms with Gasteiger partial charge in [0.2, 0.25) is 5.91 Å². The number of carbonyl (C=O) groups excluding carboxylic acids is 2. The standard InChI is InChI=1S/C24H33ClN4O3.C2HF3O2/c1-5-28(6-2)23(30)9-13-29(18(3)4)24(31)19-15-20(25)17-22(16-19)32-14-12-27-21-7-10-26-11-8-21;3-2(4,5)1(6)7/h7-8,10-11,15-18H,5-6,9,12-14H2,1-4H3,(H,26,27);(H,6,7). The summed E-state index contributed by atoms with van der Waals surface area (Å²) in [7, 11) is 0. The van der Waals surface area contributed by atoms with E-state index in [0.29, 0.717) is 49.1 Å². The highest BCUT2D eigenvalue weighted by Crippen LogP contribution is 2.23. The van der Waals surface area contributed by atoms with E-state index in [1.807, 2.05) is 39.8 Å². The van der Waals surface area contributed by atoms with Gasteiger partial charge in [0.1, 0.15) is 12.4 Å². The fourth-order valence-electron chi connectivity index (χ4n) is 3.31. The van der Waals surface area contributed by atoms with Crippen molar-refractivity contribution < 1.29 is 37.4 Å². The number of amides is 2. The number of rotatable bonds is 12. The zero-order chi connectivity index (χ0) is 29.6. The summed E-state index contributed by atoms with van der Waals surface area (Å²) in [6.45, 7) is 10.4. The third kappa shape index (κ3) is 12.2. The fourth-order valence-corrected chi connectivity index (χ4v) is 3.54. The minimum Gasteiger partial charge on any atom is -0.492 e. The molecule has 2 amide bonds. The first kappa shape index (κ1) is 33.5. The van der Waals surface area contributed by atoms with Crippen molar-refractivity contribution in [3.63, 3.8) is 0 Å². The van der Waals surface area contributed by atoms with Crippen LogP contribution in [0.1, 0.15) is 44.5 Å². The third-order valence-electron chi connectivity index (χ3n) is 5.31. The second kappa shape index (κ2) is 16.4. The van der Waals surface area contributed by atoms with Crippen LogP contribution < -0.4 is 10.1 Å². The number of carboxylic acid groups (broad SMARTS) is 1. The number of nitrogens with zero attached hydrogens (tertiary/aromatic N) is 3. The SMILES string of the molecule is CCN(CC)C(=O)CCN(C(=O)c1cc(Cl)cc(OCCNc2ccncc2)c1)C(C)C.O=C(O)C(F)(F)F. The van der Waals surface area contributed by atoms with Crippen LogP contribution in [0, 0.1) is 0 Å². The van der Waals surface area contributed by atoms with Gasteiger partial charge in [-0.2, -0.15) is 13.2 Å². The maximum atomic E-state index is 13.2. The van der Waals surface area contributed by atoms with Gasteiger partial charge in [-0.05, 0) is 58.0 Å². The molecule has 0 saturated carbocycles. The number of benzene rings is 1. The van der Waals surface area contributed by atoms with Crippen molar-refractivity contribution in [2.24, 2.45) is 0 Å². The molecule has 0 aliphatic rings. The summed E-state index contributed by atoms with van der Waals surface area (Å²) in [6, 6.07) is 8.72. The molecule has 216 valence electrons. The molecule has 2 rings (SSSR count). The lowest BCUT2D eigenvalue weighted by molar-refractivity contribution is -0.192. The van der Waals surface area contributed by atoms with E-state index in [9.17, 15) is 22.8 Å². The lowest BCUT2D eigenvalue weighted by atomic mass is 10.1. The zero-order valence-corrected chi connectivity index (χ0v) is 23.1. The maximum absolute atomic E-state index is 13.2. The van der Waals surface area contributed by atoms with E-state index in [0.717, 1.165) is 5.69 Å². The van der Waals surface area contributed by atoms with E-state index in [1.54, 1.807) is 40.4 Å². The number of halogens is 4. The van der Waals surface area contributed by atoms with Crippen molar-refractivity contribution in [3.05, 3.63) is 53.3 Å². The van der Waals surface area contributed by atoms with Gasteiger partial charge in [0.05, 0.1) is 0 Å². The molecule has 1 heterocycles. The van der Waals surface area contributed by atoms with Gasteiger partial charge < -0.3 is 25.0 Å². The van der Waals surface area contributed by atoms with Gasteiger partial charge >= 0.3 is 12.1 Å². The van der Waals surface area contributed by atoms with Crippen LogP contribution in [0.15, 0.2) is 42.7 Å². The van der Waals surface area contributed by atoms with Gasteiger partial charge in [-0.15, -0.1) is 0 Å². The maximum Gasteiger partial charge on any atom is 0.490 e. The first-order valence-corrected chi connectivity index (χ1v) is 12.6. The summed E-state index contributed by atoms with van der Waals surface area (Å²) < 4.78 is 37.5. The van der Waals surface area contributed by atoms with E-state index >= 15 is 0 Å². The molecule has 1 aromatic heterocycles. The van der Waals surface area contributed by atoms with Crippen molar-refractivity contribution in [1.29, 1.82) is 0 Å². The molecule has 0 unspecified atom stereocenters. The largest absolute Gasteiger partial charge is 0.492 e. The van der Waals surface area contributed by atoms with E-state index in [2.05, 4.69) is 10.3 Å². The minimum absolute atomic E-state index is 0.0465. The summed E-state index contributed by atoms with van der Waals surface area (Å²) in [5.74, 6) is -2.35. The van der Waals surface area contributed by atoms with Crippen molar-refractivity contribution in [1.82, 2.24) is 14.8 Å². The molecular formula is C26H34ClF3N4O5. The van der Waals surface area contributed by atoms with E-state index in [1.165, 1.54) is 0 Å². The Morgan fingerprint density at radius 1 is 1.10 bits per heavy atom. The molecule has 0 fully saturated rings. The average Bonchev–Trinajstić information content (AvgIpc) is 2.87. The van der Waals surface area contributed by atoms with E-state index in [4.69, 9.17) is 26.2 Å². The molecule has 2 aromatic rings. The average molecular weight is 575 g/mol. The number of ether oxygens (including phenoxy) is 1. The summed E-state index contributed by atoms with van der Waals surface area (Å²) in [4.78, 5) is 41.9. The molecule has 0 radical (unpaired) electrons. The number of pyridine rings is 1. The summed E-state index contributed by atoms with van der Waals surface area (Å²) in [5.41, 5.74) is 1.40. The number of aliphatic carboxylic acids is 1. The molecule has 0 aliphatic heterocycles. The van der Waals surface area contributed by atoms with Crippen LogP contribution in [-0.4, -0.2) is 82.7 Å². The molecule has 0 bridgehead atoms. The summed E-state index contributed by atoms with van der Waals surface area (Å²) in [6.07, 6.45) is -1.36. The molecule has 0 spiro atoms. The zero-order valence-electron chi connectivity index (χ0n) is 22.3. The molecular weight excluding hydrogens is 541 g/mol. The summed E-state index contributed by atoms with van der Waals surface area (Å²) in [5, 5.41) is 10.8. The number of aromatic nitrogens is 1. The first-order chi connectivity index (χ1) is 18.3. The second-order valence-corrected chi connectivity index (χ2v) is 8.83. The van der Waals surface area contributed by atoms with Gasteiger partial charge in [-0.1, -0.05) is 11.6 Å². The van der Waals surface area contributed by atoms with Gasteiger partial charge in [-0.3, -0.25) is 14.6 Å². The predicted molar refractivity (Wildman–Crippen MR) is 142 cm³/mol. The molecule has 13 heteroatoms. The van der Waals surface area contributed by atoms with Crippen molar-refractivity contribution >= 4 is 35.1 Å². The van der Waals surface area contributed by atoms with Crippen LogP contribution in [0.2, 0.25) is 5.02 Å². The van der Waals surface area contributed by atoms with Gasteiger partial charge in [0, 0.05) is 67.3 Å². The number of nitrogens with one attached hydrogen (secondary N) is 1. The van der Waals surface area contributed by atoms with Crippen LogP contribution >= 0.6 is 11.6 Å². The van der Waals surface area contributed by atoms with E-state index < -0.39 is 12.1 Å². The van der Waals surface area contributed by atoms with Crippen LogP contribution in [0.5, 0.6) is 5.75 Å². The van der Waals surface area contributed by atoms with Crippen LogP contribution in [0.25, 0.3) is 0 Å². The molecule has 39 heavy (non-hydrogen) atoms. The van der Waals surface area contributed by atoms with Gasteiger partial charge in [0.25, 0.3) is 5.91 Å². The Labute approximate surface area is 230 Å². The Morgan fingerprint density at radius 3 is 2.21 bits per heavy atom. The molecule has 0 aliphatic carbocycles. The highest BCUT2D eigenvalue weighted by molar-refractivity contribution is 6.31. The van der Waals surface area contributed by atoms with Gasteiger partial charge in [-0.25, -0.2) is 4.79 Å². The van der Waals surface area contributed by atoms with Crippen molar-refractivity contribution in [2.45, 2.75) is 46.3 Å². The molecule has 0 atom stereocenters. The topological polar surface area (TPSA) is 112 Å². The summed E-state index contributed by atoms with van der Waals surface area (Å²) >= 11 is 6.26. The number of carboxylic acids is 1. The third-order valence-corrected chi connectivity index (χ3v) is 5.53. The molecule has 0 saturated heterocycles. The number of anilines is 1. The Morgan fingerprint density at radius 2 is 1.69 bits per heavy atom. The fraction of sp³-hybridized carbons (Fsp3) is 0.462. The number of carbonyl (C=O) groups is 3. The number of hydrogen-bond donors (Lipinski definition) is 2. The molecule has 2 N–H and O–H groups in total. The monoisotopic (exact) mass is 574 g/mol.